The van der Waals surface area contributed by atoms with E-state index in [9.17, 15) is 24.8 Å². The highest BCUT2D eigenvalue weighted by Crippen LogP contribution is 2.38. The molecule has 10 nitrogen and oxygen atoms in total. The van der Waals surface area contributed by atoms with Crippen molar-refractivity contribution in [2.45, 2.75) is 25.6 Å². The van der Waals surface area contributed by atoms with E-state index in [2.05, 4.69) is 16.0 Å². The third-order valence-electron chi connectivity index (χ3n) is 6.45. The summed E-state index contributed by atoms with van der Waals surface area (Å²) >= 11 is 0. The van der Waals surface area contributed by atoms with Gasteiger partial charge in [0.05, 0.1) is 24.4 Å². The first-order chi connectivity index (χ1) is 20.8. The second-order valence-corrected chi connectivity index (χ2v) is 9.50. The lowest BCUT2D eigenvalue weighted by atomic mass is 10.00. The first-order valence-electron chi connectivity index (χ1n) is 13.3. The molecular formula is C33H30N4O6. The van der Waals surface area contributed by atoms with Crippen molar-refractivity contribution >= 4 is 29.2 Å². The first kappa shape index (κ1) is 30.1. The minimum Gasteiger partial charge on any atom is -0.493 e. The normalized spacial score (nSPS) is 11.7. The number of aliphatic carboxylic acids is 1. The van der Waals surface area contributed by atoms with Crippen molar-refractivity contribution in [2.75, 3.05) is 17.7 Å². The molecule has 0 spiro atoms. The van der Waals surface area contributed by atoms with Gasteiger partial charge in [0, 0.05) is 24.2 Å². The van der Waals surface area contributed by atoms with Gasteiger partial charge in [-0.25, -0.2) is 4.79 Å². The third kappa shape index (κ3) is 7.89. The molecule has 0 saturated carbocycles. The van der Waals surface area contributed by atoms with E-state index in [1.165, 1.54) is 14.0 Å². The number of carboxylic acid groups (broad SMARTS) is 1. The molecule has 10 heteroatoms. The average Bonchev–Trinajstić information content (AvgIpc) is 3.02. The van der Waals surface area contributed by atoms with Crippen LogP contribution in [0.15, 0.2) is 97.1 Å². The number of nitriles is 1. The molecular weight excluding hydrogens is 548 g/mol. The number of carboxylic acids is 1. The van der Waals surface area contributed by atoms with E-state index in [4.69, 9.17) is 9.47 Å². The van der Waals surface area contributed by atoms with Crippen LogP contribution in [-0.2, 0) is 21.0 Å². The van der Waals surface area contributed by atoms with Crippen molar-refractivity contribution in [3.05, 3.63) is 119 Å². The summed E-state index contributed by atoms with van der Waals surface area (Å²) in [4.78, 5) is 38.4. The number of hydrogen-bond donors (Lipinski definition) is 4. The van der Waals surface area contributed by atoms with Crippen LogP contribution in [-0.4, -0.2) is 30.0 Å². The summed E-state index contributed by atoms with van der Waals surface area (Å²) < 4.78 is 11.6. The van der Waals surface area contributed by atoms with Crippen molar-refractivity contribution in [3.8, 4) is 17.6 Å². The summed E-state index contributed by atoms with van der Waals surface area (Å²) in [6.07, 6.45) is 0. The molecule has 0 heterocycles. The number of hydrogen-bond acceptors (Lipinski definition) is 7. The molecule has 0 aromatic heterocycles. The van der Waals surface area contributed by atoms with Crippen LogP contribution in [0.3, 0.4) is 0 Å². The van der Waals surface area contributed by atoms with Gasteiger partial charge in [0.25, 0.3) is 0 Å². The quantitative estimate of drug-likeness (QED) is 0.179. The van der Waals surface area contributed by atoms with Crippen LogP contribution in [0, 0.1) is 11.3 Å². The van der Waals surface area contributed by atoms with Gasteiger partial charge >= 0.3 is 5.97 Å². The molecule has 0 saturated heterocycles. The predicted octanol–water partition coefficient (Wildman–Crippen LogP) is 5.20. The van der Waals surface area contributed by atoms with E-state index < -0.39 is 29.9 Å². The molecule has 4 N–H and O–H groups in total. The van der Waals surface area contributed by atoms with Crippen LogP contribution in [0.25, 0.3) is 0 Å². The molecule has 218 valence electrons. The zero-order valence-corrected chi connectivity index (χ0v) is 23.5. The maximum absolute atomic E-state index is 13.9. The second-order valence-electron chi connectivity index (χ2n) is 9.50. The summed E-state index contributed by atoms with van der Waals surface area (Å²) in [5.74, 6) is -1.72. The lowest BCUT2D eigenvalue weighted by Gasteiger charge is -2.26. The molecule has 43 heavy (non-hydrogen) atoms. The summed E-state index contributed by atoms with van der Waals surface area (Å²) in [6, 6.07) is 26.8. The number of methoxy groups -OCH3 is 1. The van der Waals surface area contributed by atoms with Gasteiger partial charge in [-0.3, -0.25) is 9.59 Å². The SMILES string of the molecule is COc1cc([C@H](Nc2ccc(C#N)cc2)C(=O)NC(C(=O)O)c2ccccc2)c(NC(C)=O)cc1OCc1ccccc1. The first-order valence-corrected chi connectivity index (χ1v) is 13.3. The van der Waals surface area contributed by atoms with Crippen LogP contribution >= 0.6 is 0 Å². The van der Waals surface area contributed by atoms with Crippen LogP contribution in [0.4, 0.5) is 11.4 Å². The van der Waals surface area contributed by atoms with E-state index in [-0.39, 0.29) is 23.6 Å². The van der Waals surface area contributed by atoms with Gasteiger partial charge in [-0.2, -0.15) is 5.26 Å². The summed E-state index contributed by atoms with van der Waals surface area (Å²) in [5.41, 5.74) is 2.73. The minimum absolute atomic E-state index is 0.223. The molecule has 2 atom stereocenters. The molecule has 0 aliphatic rings. The number of carbonyl (C=O) groups is 3. The summed E-state index contributed by atoms with van der Waals surface area (Å²) in [7, 11) is 1.45. The van der Waals surface area contributed by atoms with Crippen LogP contribution in [0.1, 0.15) is 41.3 Å². The molecule has 0 bridgehead atoms. The lowest BCUT2D eigenvalue weighted by Crippen LogP contribution is -2.39. The number of anilines is 2. The number of carbonyl (C=O) groups excluding carboxylic acids is 2. The van der Waals surface area contributed by atoms with E-state index >= 15 is 0 Å². The van der Waals surface area contributed by atoms with E-state index in [1.54, 1.807) is 66.7 Å². The number of nitrogens with one attached hydrogen (secondary N) is 3. The zero-order chi connectivity index (χ0) is 30.8. The maximum Gasteiger partial charge on any atom is 0.330 e. The molecule has 2 amide bonds. The largest absolute Gasteiger partial charge is 0.493 e. The monoisotopic (exact) mass is 578 g/mol. The standard InChI is InChI=1S/C33H30N4O6/c1-21(38)35-27-18-29(43-20-23-9-5-3-6-10-23)28(42-2)17-26(27)31(36-25-15-13-22(19-34)14-16-25)32(39)37-30(33(40)41)24-11-7-4-8-12-24/h3-18,30-31,36H,20H2,1-2H3,(H,35,38)(H,37,39)(H,40,41)/t30?,31-/m0/s1. The van der Waals surface area contributed by atoms with Gasteiger partial charge in [-0.05, 0) is 41.5 Å². The Morgan fingerprint density at radius 3 is 2.12 bits per heavy atom. The fraction of sp³-hybridized carbons (Fsp3) is 0.152. The fourth-order valence-electron chi connectivity index (χ4n) is 4.37. The molecule has 4 aromatic rings. The van der Waals surface area contributed by atoms with Crippen molar-refractivity contribution < 1.29 is 29.0 Å². The van der Waals surface area contributed by atoms with Crippen molar-refractivity contribution in [2.24, 2.45) is 0 Å². The Morgan fingerprint density at radius 1 is 0.884 bits per heavy atom. The Bertz CT molecular complexity index is 1620. The van der Waals surface area contributed by atoms with E-state index in [1.807, 2.05) is 36.4 Å². The third-order valence-corrected chi connectivity index (χ3v) is 6.45. The highest BCUT2D eigenvalue weighted by Gasteiger charge is 2.30. The fourth-order valence-corrected chi connectivity index (χ4v) is 4.37. The summed E-state index contributed by atoms with van der Waals surface area (Å²) in [5, 5.41) is 27.7. The number of nitrogens with zero attached hydrogens (tertiary/aromatic N) is 1. The van der Waals surface area contributed by atoms with E-state index in [0.717, 1.165) is 5.56 Å². The Balaban J connectivity index is 1.77. The predicted molar refractivity (Wildman–Crippen MR) is 161 cm³/mol. The smallest absolute Gasteiger partial charge is 0.330 e. The number of amides is 2. The highest BCUT2D eigenvalue weighted by atomic mass is 16.5. The molecule has 0 aliphatic carbocycles. The number of rotatable bonds is 12. The maximum atomic E-state index is 13.9. The Morgan fingerprint density at radius 2 is 1.53 bits per heavy atom. The van der Waals surface area contributed by atoms with Gasteiger partial charge in [-0.15, -0.1) is 0 Å². The minimum atomic E-state index is -1.35. The van der Waals surface area contributed by atoms with Crippen molar-refractivity contribution in [3.63, 3.8) is 0 Å². The Kier molecular flexibility index (Phi) is 9.95. The van der Waals surface area contributed by atoms with Crippen molar-refractivity contribution in [1.82, 2.24) is 5.32 Å². The van der Waals surface area contributed by atoms with E-state index in [0.29, 0.717) is 22.6 Å². The van der Waals surface area contributed by atoms with Crippen molar-refractivity contribution in [1.29, 1.82) is 5.26 Å². The van der Waals surface area contributed by atoms with Crippen LogP contribution < -0.4 is 25.4 Å². The Labute approximate surface area is 248 Å². The molecule has 4 aromatic carbocycles. The van der Waals surface area contributed by atoms with Crippen LogP contribution in [0.2, 0.25) is 0 Å². The molecule has 0 radical (unpaired) electrons. The molecule has 0 fully saturated rings. The van der Waals surface area contributed by atoms with Crippen LogP contribution in [0.5, 0.6) is 11.5 Å². The summed E-state index contributed by atoms with van der Waals surface area (Å²) in [6.45, 7) is 1.55. The molecule has 1 unspecified atom stereocenters. The second kappa shape index (κ2) is 14.2. The highest BCUT2D eigenvalue weighted by molar-refractivity contribution is 5.95. The van der Waals surface area contributed by atoms with Gasteiger partial charge in [0.2, 0.25) is 11.8 Å². The number of benzene rings is 4. The Hall–Kier alpha value is -5.82. The van der Waals surface area contributed by atoms with Gasteiger partial charge in [0.1, 0.15) is 12.6 Å². The average molecular weight is 579 g/mol. The van der Waals surface area contributed by atoms with Gasteiger partial charge < -0.3 is 30.5 Å². The topological polar surface area (TPSA) is 150 Å². The van der Waals surface area contributed by atoms with Gasteiger partial charge in [-0.1, -0.05) is 60.7 Å². The molecule has 0 aliphatic heterocycles. The zero-order valence-electron chi connectivity index (χ0n) is 23.5. The molecule has 4 rings (SSSR count). The number of ether oxygens (including phenoxy) is 2. The van der Waals surface area contributed by atoms with Gasteiger partial charge in [0.15, 0.2) is 17.5 Å². The lowest BCUT2D eigenvalue weighted by molar-refractivity contribution is -0.142.